The second kappa shape index (κ2) is 8.98. The van der Waals surface area contributed by atoms with E-state index < -0.39 is 11.8 Å². The molecule has 3 aromatic rings. The molecule has 0 unspecified atom stereocenters. The number of carbonyl (C=O) groups is 2. The molecule has 0 atom stereocenters. The van der Waals surface area contributed by atoms with Gasteiger partial charge in [0.2, 0.25) is 0 Å². The first-order valence-corrected chi connectivity index (χ1v) is 10.4. The number of anilines is 2. The first-order chi connectivity index (χ1) is 15.5. The fraction of sp³-hybridized carbons (Fsp3) is 0.154. The lowest BCUT2D eigenvalue weighted by Crippen LogP contribution is -2.32. The van der Waals surface area contributed by atoms with Gasteiger partial charge in [-0.3, -0.25) is 9.59 Å². The maximum absolute atomic E-state index is 13.6. The third kappa shape index (κ3) is 3.95. The van der Waals surface area contributed by atoms with Crippen LogP contribution in [0.4, 0.5) is 11.4 Å². The number of hydrogen-bond donors (Lipinski definition) is 1. The molecule has 0 saturated heterocycles. The van der Waals surface area contributed by atoms with Crippen LogP contribution < -0.4 is 19.7 Å². The second-order valence-electron chi connectivity index (χ2n) is 7.32. The van der Waals surface area contributed by atoms with Crippen LogP contribution in [-0.4, -0.2) is 25.5 Å². The van der Waals surface area contributed by atoms with Crippen molar-refractivity contribution in [2.24, 2.45) is 0 Å². The molecule has 0 radical (unpaired) electrons. The van der Waals surface area contributed by atoms with Gasteiger partial charge in [-0.05, 0) is 44.2 Å². The van der Waals surface area contributed by atoms with E-state index in [1.54, 1.807) is 30.3 Å². The lowest BCUT2D eigenvalue weighted by atomic mass is 10.0. The van der Waals surface area contributed by atoms with Crippen molar-refractivity contribution in [3.63, 3.8) is 0 Å². The lowest BCUT2D eigenvalue weighted by Gasteiger charge is -2.16. The number of methoxy groups -OCH3 is 1. The number of rotatable bonds is 7. The molecular formula is C26H24N2O4. The van der Waals surface area contributed by atoms with Gasteiger partial charge < -0.3 is 14.8 Å². The monoisotopic (exact) mass is 428 g/mol. The summed E-state index contributed by atoms with van der Waals surface area (Å²) in [6.07, 6.45) is 0. The molecular weight excluding hydrogens is 404 g/mol. The van der Waals surface area contributed by atoms with Crippen LogP contribution in [0.5, 0.6) is 11.5 Å². The van der Waals surface area contributed by atoms with Gasteiger partial charge in [0.15, 0.2) is 0 Å². The minimum atomic E-state index is -0.429. The van der Waals surface area contributed by atoms with Crippen molar-refractivity contribution in [1.29, 1.82) is 0 Å². The Labute approximate surface area is 187 Å². The Morgan fingerprint density at radius 1 is 0.906 bits per heavy atom. The molecule has 3 aromatic carbocycles. The summed E-state index contributed by atoms with van der Waals surface area (Å²) in [5.74, 6) is 0.342. The average Bonchev–Trinajstić information content (AvgIpc) is 3.04. The van der Waals surface area contributed by atoms with Crippen LogP contribution in [0.15, 0.2) is 78.5 Å². The maximum atomic E-state index is 13.6. The summed E-state index contributed by atoms with van der Waals surface area (Å²) >= 11 is 0. The number of hydrogen-bond acceptors (Lipinski definition) is 5. The molecule has 6 nitrogen and oxygen atoms in total. The number of para-hydroxylation sites is 1. The summed E-state index contributed by atoms with van der Waals surface area (Å²) in [5.41, 5.74) is 3.19. The molecule has 0 spiro atoms. The Hall–Kier alpha value is -4.06. The predicted octanol–water partition coefficient (Wildman–Crippen LogP) is 4.80. The summed E-state index contributed by atoms with van der Waals surface area (Å²) in [5, 5.41) is 3.16. The number of amides is 2. The number of aryl methyl sites for hydroxylation is 1. The van der Waals surface area contributed by atoms with E-state index in [4.69, 9.17) is 9.47 Å². The maximum Gasteiger partial charge on any atom is 0.282 e. The van der Waals surface area contributed by atoms with Gasteiger partial charge >= 0.3 is 0 Å². The summed E-state index contributed by atoms with van der Waals surface area (Å²) in [6.45, 7) is 4.38. The molecule has 1 aliphatic rings. The topological polar surface area (TPSA) is 67.9 Å². The van der Waals surface area contributed by atoms with E-state index in [2.05, 4.69) is 5.32 Å². The zero-order valence-corrected chi connectivity index (χ0v) is 18.2. The molecule has 6 heteroatoms. The highest BCUT2D eigenvalue weighted by Crippen LogP contribution is 2.37. The van der Waals surface area contributed by atoms with Gasteiger partial charge in [-0.2, -0.15) is 0 Å². The zero-order chi connectivity index (χ0) is 22.7. The highest BCUT2D eigenvalue weighted by Gasteiger charge is 2.41. The van der Waals surface area contributed by atoms with Gasteiger partial charge in [0.05, 0.1) is 25.0 Å². The Balaban J connectivity index is 1.83. The Bertz CT molecular complexity index is 1200. The number of ether oxygens (including phenoxy) is 2. The van der Waals surface area contributed by atoms with E-state index in [-0.39, 0.29) is 11.3 Å². The minimum absolute atomic E-state index is 0.189. The molecule has 0 fully saturated rings. The van der Waals surface area contributed by atoms with Crippen molar-refractivity contribution in [3.05, 3.63) is 89.6 Å². The molecule has 2 amide bonds. The standard InChI is InChI=1S/C26H24N2O4/c1-4-32-20-9-7-8-18(16-20)27-24-23(21-10-5-6-11-22(21)31-3)25(29)28(26(24)30)19-14-12-17(2)13-15-19/h5-16,27H,4H2,1-3H3. The molecule has 0 bridgehead atoms. The number of imide groups is 1. The van der Waals surface area contributed by atoms with Crippen molar-refractivity contribution in [1.82, 2.24) is 0 Å². The summed E-state index contributed by atoms with van der Waals surface area (Å²) in [7, 11) is 1.54. The van der Waals surface area contributed by atoms with Crippen molar-refractivity contribution >= 4 is 28.8 Å². The van der Waals surface area contributed by atoms with Crippen LogP contribution in [-0.2, 0) is 9.59 Å². The summed E-state index contributed by atoms with van der Waals surface area (Å²) < 4.78 is 11.1. The Morgan fingerprint density at radius 3 is 2.38 bits per heavy atom. The van der Waals surface area contributed by atoms with Crippen LogP contribution >= 0.6 is 0 Å². The van der Waals surface area contributed by atoms with E-state index in [1.807, 2.05) is 56.3 Å². The highest BCUT2D eigenvalue weighted by molar-refractivity contribution is 6.46. The molecule has 1 heterocycles. The number of carbonyl (C=O) groups excluding carboxylic acids is 2. The molecule has 4 rings (SSSR count). The van der Waals surface area contributed by atoms with E-state index in [1.165, 1.54) is 12.0 Å². The molecule has 32 heavy (non-hydrogen) atoms. The van der Waals surface area contributed by atoms with Crippen LogP contribution in [0.3, 0.4) is 0 Å². The fourth-order valence-corrected chi connectivity index (χ4v) is 3.65. The van der Waals surface area contributed by atoms with Crippen molar-refractivity contribution in [2.45, 2.75) is 13.8 Å². The molecule has 1 N–H and O–H groups in total. The number of nitrogens with zero attached hydrogens (tertiary/aromatic N) is 1. The normalized spacial score (nSPS) is 13.5. The second-order valence-corrected chi connectivity index (χ2v) is 7.32. The number of nitrogens with one attached hydrogen (secondary N) is 1. The van der Waals surface area contributed by atoms with Crippen LogP contribution in [0, 0.1) is 6.92 Å². The third-order valence-electron chi connectivity index (χ3n) is 5.17. The molecule has 0 aliphatic carbocycles. The van der Waals surface area contributed by atoms with E-state index >= 15 is 0 Å². The van der Waals surface area contributed by atoms with Crippen molar-refractivity contribution < 1.29 is 19.1 Å². The van der Waals surface area contributed by atoms with Gasteiger partial charge in [0.1, 0.15) is 17.2 Å². The zero-order valence-electron chi connectivity index (χ0n) is 18.2. The van der Waals surface area contributed by atoms with Crippen LogP contribution in [0.1, 0.15) is 18.1 Å². The van der Waals surface area contributed by atoms with E-state index in [0.717, 1.165) is 5.56 Å². The van der Waals surface area contributed by atoms with E-state index in [9.17, 15) is 9.59 Å². The van der Waals surface area contributed by atoms with Crippen LogP contribution in [0.2, 0.25) is 0 Å². The minimum Gasteiger partial charge on any atom is -0.496 e. The highest BCUT2D eigenvalue weighted by atomic mass is 16.5. The van der Waals surface area contributed by atoms with Gasteiger partial charge in [-0.1, -0.05) is 42.0 Å². The summed E-state index contributed by atoms with van der Waals surface area (Å²) in [6, 6.07) is 21.7. The third-order valence-corrected chi connectivity index (χ3v) is 5.17. The lowest BCUT2D eigenvalue weighted by molar-refractivity contribution is -0.120. The van der Waals surface area contributed by atoms with E-state index in [0.29, 0.717) is 35.0 Å². The SMILES string of the molecule is CCOc1cccc(NC2=C(c3ccccc3OC)C(=O)N(c3ccc(C)cc3)C2=O)c1. The molecule has 162 valence electrons. The van der Waals surface area contributed by atoms with Gasteiger partial charge in [0, 0.05) is 17.3 Å². The first kappa shape index (κ1) is 21.2. The van der Waals surface area contributed by atoms with Gasteiger partial charge in [-0.25, -0.2) is 4.90 Å². The van der Waals surface area contributed by atoms with Gasteiger partial charge in [-0.15, -0.1) is 0 Å². The Morgan fingerprint density at radius 2 is 1.66 bits per heavy atom. The average molecular weight is 428 g/mol. The number of benzene rings is 3. The predicted molar refractivity (Wildman–Crippen MR) is 125 cm³/mol. The largest absolute Gasteiger partial charge is 0.496 e. The van der Waals surface area contributed by atoms with Crippen molar-refractivity contribution in [2.75, 3.05) is 23.9 Å². The molecule has 1 aliphatic heterocycles. The quantitative estimate of drug-likeness (QED) is 0.548. The fourth-order valence-electron chi connectivity index (χ4n) is 3.65. The first-order valence-electron chi connectivity index (χ1n) is 10.4. The molecule has 0 aromatic heterocycles. The molecule has 0 saturated carbocycles. The smallest absolute Gasteiger partial charge is 0.282 e. The Kier molecular flexibility index (Phi) is 5.94. The van der Waals surface area contributed by atoms with Crippen molar-refractivity contribution in [3.8, 4) is 11.5 Å². The summed E-state index contributed by atoms with van der Waals surface area (Å²) in [4.78, 5) is 28.3. The van der Waals surface area contributed by atoms with Crippen LogP contribution in [0.25, 0.3) is 5.57 Å². The van der Waals surface area contributed by atoms with Gasteiger partial charge in [0.25, 0.3) is 11.8 Å².